The van der Waals surface area contributed by atoms with Crippen LogP contribution in [0.3, 0.4) is 0 Å². The van der Waals surface area contributed by atoms with Crippen molar-refractivity contribution < 1.29 is 9.53 Å². The van der Waals surface area contributed by atoms with Crippen LogP contribution < -0.4 is 4.74 Å². The molecule has 1 fully saturated rings. The number of carbonyl (C=O) groups is 1. The molecule has 2 aromatic rings. The van der Waals surface area contributed by atoms with E-state index in [9.17, 15) is 4.79 Å². The van der Waals surface area contributed by atoms with E-state index in [-0.39, 0.29) is 12.0 Å². The predicted molar refractivity (Wildman–Crippen MR) is 82.7 cm³/mol. The lowest BCUT2D eigenvalue weighted by molar-refractivity contribution is 0.0516. The summed E-state index contributed by atoms with van der Waals surface area (Å²) in [5.74, 6) is -0.0793. The Morgan fingerprint density at radius 1 is 1.30 bits per heavy atom. The summed E-state index contributed by atoms with van der Waals surface area (Å²) in [4.78, 5) is 22.5. The van der Waals surface area contributed by atoms with Crippen molar-refractivity contribution in [2.45, 2.75) is 18.9 Å². The minimum Gasteiger partial charge on any atom is -0.458 e. The summed E-state index contributed by atoms with van der Waals surface area (Å²) < 4.78 is 5.75. The van der Waals surface area contributed by atoms with E-state index < -0.39 is 0 Å². The molecule has 116 valence electrons. The molecule has 1 aliphatic rings. The fourth-order valence-electron chi connectivity index (χ4n) is 2.62. The van der Waals surface area contributed by atoms with Gasteiger partial charge < -0.3 is 9.64 Å². The highest BCUT2D eigenvalue weighted by molar-refractivity contribution is 5.94. The number of piperidine rings is 1. The maximum atomic E-state index is 12.6. The summed E-state index contributed by atoms with van der Waals surface area (Å²) in [5, 5.41) is 8.95. The lowest BCUT2D eigenvalue weighted by Crippen LogP contribution is -2.44. The molecule has 1 amide bonds. The molecular formula is C17H16N4O2. The lowest BCUT2D eigenvalue weighted by Gasteiger charge is -2.32. The van der Waals surface area contributed by atoms with Gasteiger partial charge in [0.05, 0.1) is 18.2 Å². The van der Waals surface area contributed by atoms with Gasteiger partial charge in [0.25, 0.3) is 5.91 Å². The van der Waals surface area contributed by atoms with Gasteiger partial charge in [0, 0.05) is 24.5 Å². The van der Waals surface area contributed by atoms with Gasteiger partial charge in [-0.05, 0) is 37.1 Å². The quantitative estimate of drug-likeness (QED) is 0.867. The number of carbonyl (C=O) groups excluding carboxylic acids is 1. The molecule has 2 heterocycles. The Balaban J connectivity index is 1.68. The van der Waals surface area contributed by atoms with Gasteiger partial charge in [-0.15, -0.1) is 0 Å². The monoisotopic (exact) mass is 308 g/mol. The number of ether oxygens (including phenoxy) is 1. The average molecular weight is 308 g/mol. The van der Waals surface area contributed by atoms with E-state index in [0.29, 0.717) is 30.2 Å². The highest BCUT2D eigenvalue weighted by atomic mass is 16.5. The molecule has 0 aliphatic carbocycles. The zero-order valence-corrected chi connectivity index (χ0v) is 12.6. The topological polar surface area (TPSA) is 79.1 Å². The number of benzene rings is 1. The van der Waals surface area contributed by atoms with Gasteiger partial charge >= 0.3 is 6.01 Å². The molecule has 1 atom stereocenters. The van der Waals surface area contributed by atoms with Crippen LogP contribution in [-0.4, -0.2) is 40.0 Å². The van der Waals surface area contributed by atoms with Crippen LogP contribution in [0.15, 0.2) is 42.7 Å². The van der Waals surface area contributed by atoms with Crippen LogP contribution in [0.2, 0.25) is 0 Å². The summed E-state index contributed by atoms with van der Waals surface area (Å²) >= 11 is 0. The molecule has 0 saturated carbocycles. The second kappa shape index (κ2) is 6.88. The van der Waals surface area contributed by atoms with E-state index in [0.717, 1.165) is 12.8 Å². The molecule has 0 radical (unpaired) electrons. The average Bonchev–Trinajstić information content (AvgIpc) is 2.62. The van der Waals surface area contributed by atoms with Crippen LogP contribution in [-0.2, 0) is 0 Å². The first-order valence-electron chi connectivity index (χ1n) is 7.49. The van der Waals surface area contributed by atoms with Crippen LogP contribution in [0.25, 0.3) is 0 Å². The Bertz CT molecular complexity index is 727. The highest BCUT2D eigenvalue weighted by Crippen LogP contribution is 2.17. The third kappa shape index (κ3) is 3.64. The largest absolute Gasteiger partial charge is 0.458 e. The van der Waals surface area contributed by atoms with Crippen molar-refractivity contribution >= 4 is 5.91 Å². The van der Waals surface area contributed by atoms with Crippen molar-refractivity contribution in [3.05, 3.63) is 53.9 Å². The maximum Gasteiger partial charge on any atom is 0.316 e. The Morgan fingerprint density at radius 2 is 2.13 bits per heavy atom. The molecule has 0 bridgehead atoms. The molecule has 6 nitrogen and oxygen atoms in total. The van der Waals surface area contributed by atoms with Gasteiger partial charge in [0.1, 0.15) is 6.10 Å². The van der Waals surface area contributed by atoms with Gasteiger partial charge in [0.15, 0.2) is 0 Å². The molecule has 3 rings (SSSR count). The number of amides is 1. The number of likely N-dealkylation sites (tertiary alicyclic amines) is 1. The van der Waals surface area contributed by atoms with Crippen LogP contribution >= 0.6 is 0 Å². The molecule has 6 heteroatoms. The Morgan fingerprint density at radius 3 is 2.91 bits per heavy atom. The molecule has 23 heavy (non-hydrogen) atoms. The zero-order valence-electron chi connectivity index (χ0n) is 12.6. The smallest absolute Gasteiger partial charge is 0.316 e. The van der Waals surface area contributed by atoms with Crippen molar-refractivity contribution in [2.75, 3.05) is 13.1 Å². The molecule has 0 N–H and O–H groups in total. The summed E-state index contributed by atoms with van der Waals surface area (Å²) in [5.41, 5.74) is 1.01. The molecule has 0 spiro atoms. The van der Waals surface area contributed by atoms with Gasteiger partial charge in [-0.3, -0.25) is 4.79 Å². The minimum atomic E-state index is -0.116. The molecule has 1 aromatic heterocycles. The summed E-state index contributed by atoms with van der Waals surface area (Å²) in [6.07, 6.45) is 4.86. The first-order chi connectivity index (χ1) is 11.3. The normalized spacial score (nSPS) is 17.3. The number of nitrogens with zero attached hydrogens (tertiary/aromatic N) is 4. The van der Waals surface area contributed by atoms with Crippen molar-refractivity contribution in [1.29, 1.82) is 5.26 Å². The number of hydrogen-bond acceptors (Lipinski definition) is 5. The number of aromatic nitrogens is 2. The van der Waals surface area contributed by atoms with Gasteiger partial charge in [-0.1, -0.05) is 6.07 Å². The van der Waals surface area contributed by atoms with Crippen LogP contribution in [0.5, 0.6) is 6.01 Å². The lowest BCUT2D eigenvalue weighted by atomic mass is 10.1. The van der Waals surface area contributed by atoms with Crippen molar-refractivity contribution in [2.24, 2.45) is 0 Å². The SMILES string of the molecule is N#Cc1cccc(C(=O)N2CCCC(Oc3ncccn3)C2)c1. The summed E-state index contributed by atoms with van der Waals surface area (Å²) in [7, 11) is 0. The molecule has 1 aromatic carbocycles. The third-order valence-electron chi connectivity index (χ3n) is 3.72. The Hall–Kier alpha value is -2.94. The number of nitriles is 1. The first-order valence-corrected chi connectivity index (χ1v) is 7.49. The van der Waals surface area contributed by atoms with E-state index in [1.807, 2.05) is 0 Å². The van der Waals surface area contributed by atoms with Gasteiger partial charge in [-0.25, -0.2) is 9.97 Å². The van der Waals surface area contributed by atoms with Gasteiger partial charge in [-0.2, -0.15) is 5.26 Å². The fraction of sp³-hybridized carbons (Fsp3) is 0.294. The van der Waals surface area contributed by atoms with Crippen molar-refractivity contribution in [3.8, 4) is 12.1 Å². The Kier molecular flexibility index (Phi) is 4.48. The predicted octanol–water partition coefficient (Wildman–Crippen LogP) is 2.03. The summed E-state index contributed by atoms with van der Waals surface area (Å²) in [6, 6.07) is 10.9. The molecule has 1 saturated heterocycles. The van der Waals surface area contributed by atoms with E-state index in [2.05, 4.69) is 16.0 Å². The van der Waals surface area contributed by atoms with Crippen LogP contribution in [0, 0.1) is 11.3 Å². The summed E-state index contributed by atoms with van der Waals surface area (Å²) in [6.45, 7) is 1.18. The molecular weight excluding hydrogens is 292 g/mol. The highest BCUT2D eigenvalue weighted by Gasteiger charge is 2.26. The van der Waals surface area contributed by atoms with Crippen molar-refractivity contribution in [1.82, 2.24) is 14.9 Å². The maximum absolute atomic E-state index is 12.6. The fourth-order valence-corrected chi connectivity index (χ4v) is 2.62. The number of rotatable bonds is 3. The van der Waals surface area contributed by atoms with Gasteiger partial charge in [0.2, 0.25) is 0 Å². The second-order valence-electron chi connectivity index (χ2n) is 5.36. The number of hydrogen-bond donors (Lipinski definition) is 0. The minimum absolute atomic E-state index is 0.0793. The van der Waals surface area contributed by atoms with E-state index in [4.69, 9.17) is 10.00 Å². The zero-order chi connectivity index (χ0) is 16.1. The van der Waals surface area contributed by atoms with E-state index in [1.54, 1.807) is 47.6 Å². The van der Waals surface area contributed by atoms with Crippen LogP contribution in [0.4, 0.5) is 0 Å². The Labute approximate surface area is 134 Å². The van der Waals surface area contributed by atoms with E-state index in [1.165, 1.54) is 0 Å². The van der Waals surface area contributed by atoms with Crippen molar-refractivity contribution in [3.63, 3.8) is 0 Å². The van der Waals surface area contributed by atoms with Crippen LogP contribution in [0.1, 0.15) is 28.8 Å². The molecule has 1 aliphatic heterocycles. The third-order valence-corrected chi connectivity index (χ3v) is 3.72. The molecule has 1 unspecified atom stereocenters. The first kappa shape index (κ1) is 15.0. The second-order valence-corrected chi connectivity index (χ2v) is 5.36. The van der Waals surface area contributed by atoms with E-state index >= 15 is 0 Å². The standard InChI is InChI=1S/C17H16N4O2/c18-11-13-4-1-5-14(10-13)16(22)21-9-2-6-15(12-21)23-17-19-7-3-8-20-17/h1,3-5,7-8,10,15H,2,6,9,12H2.